The monoisotopic (exact) mass is 404 g/mol. The maximum absolute atomic E-state index is 12.1. The van der Waals surface area contributed by atoms with Crippen molar-refractivity contribution < 1.29 is 13.5 Å². The first-order valence-electron chi connectivity index (χ1n) is 9.05. The number of guanidine groups is 1. The number of nitrogens with one attached hydrogen (secondary N) is 3. The van der Waals surface area contributed by atoms with Gasteiger partial charge in [0.25, 0.3) is 0 Å². The minimum absolute atomic E-state index is 0.168. The van der Waals surface area contributed by atoms with Crippen LogP contribution in [0.25, 0.3) is 0 Å². The van der Waals surface area contributed by atoms with Gasteiger partial charge in [0.1, 0.15) is 4.21 Å². The van der Waals surface area contributed by atoms with Gasteiger partial charge < -0.3 is 15.7 Å². The van der Waals surface area contributed by atoms with Crippen LogP contribution < -0.4 is 15.4 Å². The quantitative estimate of drug-likeness (QED) is 0.241. The van der Waals surface area contributed by atoms with E-state index in [1.54, 1.807) is 17.5 Å². The zero-order valence-corrected chi connectivity index (χ0v) is 17.5. The molecule has 1 atom stereocenters. The fourth-order valence-electron chi connectivity index (χ4n) is 2.55. The zero-order valence-electron chi connectivity index (χ0n) is 15.9. The molecule has 0 saturated carbocycles. The number of aliphatic imine (C=N–C) groups is 1. The SMILES string of the molecule is CCNC(=NCC(CCO)CC(C)C)NCCNS(=O)(=O)c1cccs1. The van der Waals surface area contributed by atoms with Crippen molar-refractivity contribution in [1.82, 2.24) is 15.4 Å². The van der Waals surface area contributed by atoms with Crippen molar-refractivity contribution in [3.8, 4) is 0 Å². The Hall–Kier alpha value is -1.16. The molecule has 0 saturated heterocycles. The van der Waals surface area contributed by atoms with Gasteiger partial charge in [-0.2, -0.15) is 0 Å². The van der Waals surface area contributed by atoms with Gasteiger partial charge in [0.05, 0.1) is 0 Å². The Morgan fingerprint density at radius 3 is 2.65 bits per heavy atom. The number of rotatable bonds is 12. The van der Waals surface area contributed by atoms with Crippen LogP contribution in [0.5, 0.6) is 0 Å². The van der Waals surface area contributed by atoms with Gasteiger partial charge in [-0.3, -0.25) is 4.99 Å². The Bertz CT molecular complexity index is 616. The Morgan fingerprint density at radius 2 is 2.08 bits per heavy atom. The van der Waals surface area contributed by atoms with E-state index in [0.717, 1.165) is 19.4 Å². The van der Waals surface area contributed by atoms with Crippen molar-refractivity contribution in [3.63, 3.8) is 0 Å². The van der Waals surface area contributed by atoms with Crippen LogP contribution in [0, 0.1) is 11.8 Å². The van der Waals surface area contributed by atoms with E-state index >= 15 is 0 Å². The normalized spacial score (nSPS) is 13.8. The summed E-state index contributed by atoms with van der Waals surface area (Å²) < 4.78 is 27.0. The maximum Gasteiger partial charge on any atom is 0.250 e. The maximum atomic E-state index is 12.1. The first-order chi connectivity index (χ1) is 12.4. The van der Waals surface area contributed by atoms with Crippen molar-refractivity contribution in [2.45, 2.75) is 37.8 Å². The molecule has 9 heteroatoms. The number of aliphatic hydroxyl groups is 1. The lowest BCUT2D eigenvalue weighted by Crippen LogP contribution is -2.41. The highest BCUT2D eigenvalue weighted by atomic mass is 32.2. The summed E-state index contributed by atoms with van der Waals surface area (Å²) in [5.74, 6) is 1.56. The summed E-state index contributed by atoms with van der Waals surface area (Å²) in [7, 11) is -3.43. The molecule has 26 heavy (non-hydrogen) atoms. The zero-order chi connectivity index (χ0) is 19.4. The molecule has 1 aromatic heterocycles. The van der Waals surface area contributed by atoms with Gasteiger partial charge in [0, 0.05) is 32.8 Å². The molecular weight excluding hydrogens is 372 g/mol. The lowest BCUT2D eigenvalue weighted by molar-refractivity contribution is 0.245. The lowest BCUT2D eigenvalue weighted by Gasteiger charge is -2.17. The fraction of sp³-hybridized carbons (Fsp3) is 0.706. The highest BCUT2D eigenvalue weighted by Gasteiger charge is 2.14. The summed E-state index contributed by atoms with van der Waals surface area (Å²) in [6, 6.07) is 3.30. The van der Waals surface area contributed by atoms with E-state index < -0.39 is 10.0 Å². The Kier molecular flexibility index (Phi) is 10.8. The largest absolute Gasteiger partial charge is 0.396 e. The molecule has 0 bridgehead atoms. The predicted octanol–water partition coefficient (Wildman–Crippen LogP) is 1.63. The van der Waals surface area contributed by atoms with Crippen molar-refractivity contribution >= 4 is 27.3 Å². The van der Waals surface area contributed by atoms with E-state index in [4.69, 9.17) is 0 Å². The molecule has 0 aliphatic rings. The van der Waals surface area contributed by atoms with Gasteiger partial charge in [-0.25, -0.2) is 13.1 Å². The van der Waals surface area contributed by atoms with Crippen molar-refractivity contribution in [2.24, 2.45) is 16.8 Å². The molecule has 150 valence electrons. The predicted molar refractivity (Wildman–Crippen MR) is 108 cm³/mol. The third-order valence-corrected chi connectivity index (χ3v) is 6.52. The molecule has 7 nitrogen and oxygen atoms in total. The number of sulfonamides is 1. The molecule has 1 unspecified atom stereocenters. The number of aliphatic hydroxyl groups excluding tert-OH is 1. The fourth-order valence-corrected chi connectivity index (χ4v) is 4.62. The van der Waals surface area contributed by atoms with Gasteiger partial charge in [0.15, 0.2) is 5.96 Å². The molecule has 0 spiro atoms. The average molecular weight is 405 g/mol. The summed E-state index contributed by atoms with van der Waals surface area (Å²) in [5.41, 5.74) is 0. The minimum Gasteiger partial charge on any atom is -0.396 e. The van der Waals surface area contributed by atoms with E-state index in [2.05, 4.69) is 34.2 Å². The van der Waals surface area contributed by atoms with Crippen LogP contribution in [0.1, 0.15) is 33.6 Å². The molecule has 0 aromatic carbocycles. The van der Waals surface area contributed by atoms with Crippen LogP contribution in [0.15, 0.2) is 26.7 Å². The molecule has 0 radical (unpaired) electrons. The summed E-state index contributed by atoms with van der Waals surface area (Å²) in [5, 5.41) is 17.2. The van der Waals surface area contributed by atoms with Crippen LogP contribution in [0.4, 0.5) is 0 Å². The number of hydrogen-bond acceptors (Lipinski definition) is 5. The summed E-state index contributed by atoms with van der Waals surface area (Å²) in [6.07, 6.45) is 1.76. The molecular formula is C17H32N4O3S2. The van der Waals surface area contributed by atoms with E-state index in [1.807, 2.05) is 6.92 Å². The highest BCUT2D eigenvalue weighted by Crippen LogP contribution is 2.16. The summed E-state index contributed by atoms with van der Waals surface area (Å²) in [6.45, 7) is 8.55. The van der Waals surface area contributed by atoms with E-state index in [-0.39, 0.29) is 13.2 Å². The number of hydrogen-bond donors (Lipinski definition) is 4. The topological polar surface area (TPSA) is 103 Å². The standard InChI is InChI=1S/C17H32N4O3S2/c1-4-18-17(20-13-15(7-10-22)12-14(2)3)19-8-9-21-26(23,24)16-6-5-11-25-16/h5-6,11,14-15,21-22H,4,7-10,12-13H2,1-3H3,(H2,18,19,20). The Balaban J connectivity index is 2.48. The van der Waals surface area contributed by atoms with E-state index in [9.17, 15) is 13.5 Å². The highest BCUT2D eigenvalue weighted by molar-refractivity contribution is 7.91. The average Bonchev–Trinajstić information content (AvgIpc) is 3.11. The lowest BCUT2D eigenvalue weighted by atomic mass is 9.94. The molecule has 1 aromatic rings. The van der Waals surface area contributed by atoms with Crippen LogP contribution in [-0.2, 0) is 10.0 Å². The van der Waals surface area contributed by atoms with Crippen LogP contribution in [0.3, 0.4) is 0 Å². The van der Waals surface area contributed by atoms with Crippen molar-refractivity contribution in [2.75, 3.05) is 32.8 Å². The van der Waals surface area contributed by atoms with Crippen molar-refractivity contribution in [1.29, 1.82) is 0 Å². The number of thiophene rings is 1. The Labute approximate surface area is 161 Å². The second-order valence-corrected chi connectivity index (χ2v) is 9.43. The molecule has 0 amide bonds. The molecule has 1 rings (SSSR count). The summed E-state index contributed by atoms with van der Waals surface area (Å²) in [4.78, 5) is 4.58. The molecule has 0 aliphatic heterocycles. The second-order valence-electron chi connectivity index (χ2n) is 6.48. The third-order valence-electron chi connectivity index (χ3n) is 3.66. The molecule has 0 fully saturated rings. The molecule has 4 N–H and O–H groups in total. The first kappa shape index (κ1) is 22.9. The van der Waals surface area contributed by atoms with Gasteiger partial charge in [-0.05, 0) is 43.0 Å². The van der Waals surface area contributed by atoms with Crippen molar-refractivity contribution in [3.05, 3.63) is 17.5 Å². The van der Waals surface area contributed by atoms with Gasteiger partial charge in [0.2, 0.25) is 10.0 Å². The summed E-state index contributed by atoms with van der Waals surface area (Å²) >= 11 is 1.20. The number of nitrogens with zero attached hydrogens (tertiary/aromatic N) is 1. The van der Waals surface area contributed by atoms with Crippen LogP contribution >= 0.6 is 11.3 Å². The second kappa shape index (κ2) is 12.3. The van der Waals surface area contributed by atoms with Crippen LogP contribution in [0.2, 0.25) is 0 Å². The molecule has 1 heterocycles. The van der Waals surface area contributed by atoms with Gasteiger partial charge in [-0.15, -0.1) is 11.3 Å². The molecule has 0 aliphatic carbocycles. The van der Waals surface area contributed by atoms with Crippen LogP contribution in [-0.4, -0.2) is 52.3 Å². The Morgan fingerprint density at radius 1 is 1.31 bits per heavy atom. The van der Waals surface area contributed by atoms with E-state index in [1.165, 1.54) is 11.3 Å². The smallest absolute Gasteiger partial charge is 0.250 e. The van der Waals surface area contributed by atoms with Gasteiger partial charge in [-0.1, -0.05) is 19.9 Å². The minimum atomic E-state index is -3.43. The van der Waals surface area contributed by atoms with E-state index in [0.29, 0.717) is 35.1 Å². The first-order valence-corrected chi connectivity index (χ1v) is 11.4. The van der Waals surface area contributed by atoms with Gasteiger partial charge >= 0.3 is 0 Å². The third kappa shape index (κ3) is 8.98.